The molecule has 0 radical (unpaired) electrons. The number of para-hydroxylation sites is 1. The number of fused-ring (bicyclic) bond motifs is 1. The van der Waals surface area contributed by atoms with Gasteiger partial charge in [-0.05, 0) is 42.3 Å². The van der Waals surface area contributed by atoms with Gasteiger partial charge < -0.3 is 19.5 Å². The van der Waals surface area contributed by atoms with Crippen molar-refractivity contribution in [3.05, 3.63) is 70.9 Å². The molecule has 3 aromatic rings. The van der Waals surface area contributed by atoms with Gasteiger partial charge in [-0.25, -0.2) is 0 Å². The Morgan fingerprint density at radius 2 is 1.58 bits per heavy atom. The lowest BCUT2D eigenvalue weighted by atomic mass is 10.0. The van der Waals surface area contributed by atoms with Crippen LogP contribution in [0.25, 0.3) is 11.0 Å². The summed E-state index contributed by atoms with van der Waals surface area (Å²) in [6, 6.07) is 15.1. The molecule has 1 unspecified atom stereocenters. The molecule has 3 amide bonds. The van der Waals surface area contributed by atoms with Gasteiger partial charge in [-0.2, -0.15) is 0 Å². The molecule has 1 N–H and O–H groups in total. The minimum absolute atomic E-state index is 0.0936. The van der Waals surface area contributed by atoms with Gasteiger partial charge in [-0.15, -0.1) is 0 Å². The summed E-state index contributed by atoms with van der Waals surface area (Å²) in [5, 5.41) is 4.28. The third kappa shape index (κ3) is 5.03. The fraction of sp³-hybridized carbons (Fsp3) is 0.320. The highest BCUT2D eigenvalue weighted by Crippen LogP contribution is 2.21. The average molecular weight is 468 g/mol. The number of nitrogens with one attached hydrogen (secondary N) is 1. The Bertz CT molecular complexity index is 1130. The molecule has 172 valence electrons. The van der Waals surface area contributed by atoms with Crippen LogP contribution in [0.5, 0.6) is 0 Å². The lowest BCUT2D eigenvalue weighted by Gasteiger charge is -2.37. The molecule has 1 aliphatic heterocycles. The van der Waals surface area contributed by atoms with E-state index in [9.17, 15) is 14.4 Å². The molecule has 8 heteroatoms. The predicted molar refractivity (Wildman–Crippen MR) is 126 cm³/mol. The van der Waals surface area contributed by atoms with E-state index in [2.05, 4.69) is 5.32 Å². The van der Waals surface area contributed by atoms with E-state index in [4.69, 9.17) is 16.0 Å². The Balaban J connectivity index is 1.37. The first kappa shape index (κ1) is 22.9. The summed E-state index contributed by atoms with van der Waals surface area (Å²) < 4.78 is 5.69. The van der Waals surface area contributed by atoms with E-state index < -0.39 is 6.04 Å². The van der Waals surface area contributed by atoms with E-state index in [1.54, 1.807) is 40.1 Å². The number of hydrogen-bond donors (Lipinski definition) is 1. The summed E-state index contributed by atoms with van der Waals surface area (Å²) in [5.41, 5.74) is 1.12. The van der Waals surface area contributed by atoms with Gasteiger partial charge in [0.15, 0.2) is 5.76 Å². The molecule has 1 fully saturated rings. The molecule has 1 aromatic heterocycles. The van der Waals surface area contributed by atoms with Crippen molar-refractivity contribution in [3.63, 3.8) is 0 Å². The standard InChI is InChI=1S/C25H26ClN3O4/c1-16(2)22(27-23(30)17-7-9-19(26)10-8-17)25(32)29-13-11-28(12-14-29)24(31)21-15-18-5-3-4-6-20(18)33-21/h3-10,15-16,22H,11-14H2,1-2H3,(H,27,30). The van der Waals surface area contributed by atoms with Crippen molar-refractivity contribution in [1.29, 1.82) is 0 Å². The van der Waals surface area contributed by atoms with E-state index in [0.29, 0.717) is 48.1 Å². The second-order valence-corrected chi connectivity index (χ2v) is 8.90. The maximum absolute atomic E-state index is 13.2. The van der Waals surface area contributed by atoms with E-state index in [-0.39, 0.29) is 23.6 Å². The van der Waals surface area contributed by atoms with Crippen LogP contribution in [0, 0.1) is 5.92 Å². The number of nitrogens with zero attached hydrogens (tertiary/aromatic N) is 2. The van der Waals surface area contributed by atoms with Gasteiger partial charge >= 0.3 is 0 Å². The lowest BCUT2D eigenvalue weighted by Crippen LogP contribution is -2.57. The summed E-state index contributed by atoms with van der Waals surface area (Å²) in [6.45, 7) is 5.38. The van der Waals surface area contributed by atoms with Gasteiger partial charge in [0.25, 0.3) is 11.8 Å². The van der Waals surface area contributed by atoms with Crippen molar-refractivity contribution < 1.29 is 18.8 Å². The SMILES string of the molecule is CC(C)C(NC(=O)c1ccc(Cl)cc1)C(=O)N1CCN(C(=O)c2cc3ccccc3o2)CC1. The van der Waals surface area contributed by atoms with Crippen LogP contribution in [-0.4, -0.2) is 59.7 Å². The van der Waals surface area contributed by atoms with E-state index in [1.807, 2.05) is 38.1 Å². The number of hydrogen-bond acceptors (Lipinski definition) is 4. The third-order valence-corrected chi connectivity index (χ3v) is 6.09. The van der Waals surface area contributed by atoms with Gasteiger partial charge in [0.05, 0.1) is 0 Å². The van der Waals surface area contributed by atoms with Crippen LogP contribution >= 0.6 is 11.6 Å². The summed E-state index contributed by atoms with van der Waals surface area (Å²) >= 11 is 5.89. The maximum atomic E-state index is 13.2. The average Bonchev–Trinajstić information content (AvgIpc) is 3.26. The monoisotopic (exact) mass is 467 g/mol. The number of amides is 3. The van der Waals surface area contributed by atoms with E-state index in [0.717, 1.165) is 5.39 Å². The Kier molecular flexibility index (Phi) is 6.70. The molecule has 0 bridgehead atoms. The smallest absolute Gasteiger partial charge is 0.289 e. The predicted octanol–water partition coefficient (Wildman–Crippen LogP) is 3.83. The molecule has 4 rings (SSSR count). The van der Waals surface area contributed by atoms with E-state index in [1.165, 1.54) is 0 Å². The second-order valence-electron chi connectivity index (χ2n) is 8.47. The number of halogens is 1. The Morgan fingerprint density at radius 3 is 2.21 bits per heavy atom. The summed E-state index contributed by atoms with van der Waals surface area (Å²) in [6.07, 6.45) is 0. The number of carbonyl (C=O) groups excluding carboxylic acids is 3. The number of carbonyl (C=O) groups is 3. The van der Waals surface area contributed by atoms with Gasteiger partial charge in [0.1, 0.15) is 11.6 Å². The molecule has 1 saturated heterocycles. The number of benzene rings is 2. The molecule has 0 saturated carbocycles. The van der Waals surface area contributed by atoms with Gasteiger partial charge in [0.2, 0.25) is 5.91 Å². The van der Waals surface area contributed by atoms with Crippen molar-refractivity contribution in [2.24, 2.45) is 5.92 Å². The number of furan rings is 1. The van der Waals surface area contributed by atoms with E-state index >= 15 is 0 Å². The zero-order valence-electron chi connectivity index (χ0n) is 18.6. The summed E-state index contributed by atoms with van der Waals surface area (Å²) in [7, 11) is 0. The first-order valence-electron chi connectivity index (χ1n) is 11.0. The van der Waals surface area contributed by atoms with Gasteiger partial charge in [0, 0.05) is 42.2 Å². The molecule has 1 aliphatic rings. The molecular weight excluding hydrogens is 442 g/mol. The highest BCUT2D eigenvalue weighted by Gasteiger charge is 2.32. The molecule has 2 heterocycles. The Morgan fingerprint density at radius 1 is 0.939 bits per heavy atom. The maximum Gasteiger partial charge on any atom is 0.289 e. The minimum atomic E-state index is -0.661. The van der Waals surface area contributed by atoms with Crippen LogP contribution < -0.4 is 5.32 Å². The van der Waals surface area contributed by atoms with Crippen molar-refractivity contribution in [2.45, 2.75) is 19.9 Å². The molecule has 33 heavy (non-hydrogen) atoms. The summed E-state index contributed by atoms with van der Waals surface area (Å²) in [5.74, 6) is -0.453. The van der Waals surface area contributed by atoms with Crippen molar-refractivity contribution in [2.75, 3.05) is 26.2 Å². The summed E-state index contributed by atoms with van der Waals surface area (Å²) in [4.78, 5) is 42.1. The first-order chi connectivity index (χ1) is 15.8. The van der Waals surface area contributed by atoms with Crippen LogP contribution in [0.1, 0.15) is 34.8 Å². The van der Waals surface area contributed by atoms with Crippen LogP contribution in [0.4, 0.5) is 0 Å². The molecular formula is C25H26ClN3O4. The zero-order chi connectivity index (χ0) is 23.5. The van der Waals surface area contributed by atoms with Crippen molar-refractivity contribution >= 4 is 40.3 Å². The molecule has 7 nitrogen and oxygen atoms in total. The Labute approximate surface area is 197 Å². The third-order valence-electron chi connectivity index (χ3n) is 5.84. The zero-order valence-corrected chi connectivity index (χ0v) is 19.3. The highest BCUT2D eigenvalue weighted by atomic mass is 35.5. The second kappa shape index (κ2) is 9.67. The van der Waals surface area contributed by atoms with Crippen LogP contribution in [0.2, 0.25) is 5.02 Å². The van der Waals surface area contributed by atoms with Gasteiger partial charge in [-0.3, -0.25) is 14.4 Å². The molecule has 0 aliphatic carbocycles. The van der Waals surface area contributed by atoms with Gasteiger partial charge in [-0.1, -0.05) is 43.6 Å². The highest BCUT2D eigenvalue weighted by molar-refractivity contribution is 6.30. The normalized spacial score (nSPS) is 15.0. The van der Waals surface area contributed by atoms with Crippen LogP contribution in [-0.2, 0) is 4.79 Å². The Hall–Kier alpha value is -3.32. The molecule has 1 atom stereocenters. The largest absolute Gasteiger partial charge is 0.451 e. The van der Waals surface area contributed by atoms with Crippen LogP contribution in [0.3, 0.4) is 0 Å². The fourth-order valence-electron chi connectivity index (χ4n) is 3.91. The van der Waals surface area contributed by atoms with Crippen molar-refractivity contribution in [3.8, 4) is 0 Å². The number of rotatable bonds is 5. The minimum Gasteiger partial charge on any atom is -0.451 e. The quantitative estimate of drug-likeness (QED) is 0.618. The van der Waals surface area contributed by atoms with Crippen LogP contribution in [0.15, 0.2) is 59.0 Å². The fourth-order valence-corrected chi connectivity index (χ4v) is 4.04. The topological polar surface area (TPSA) is 82.9 Å². The first-order valence-corrected chi connectivity index (χ1v) is 11.3. The molecule has 2 aromatic carbocycles. The van der Waals surface area contributed by atoms with Crippen molar-refractivity contribution in [1.82, 2.24) is 15.1 Å². The lowest BCUT2D eigenvalue weighted by molar-refractivity contribution is -0.135. The number of piperazine rings is 1. The molecule has 0 spiro atoms.